The van der Waals surface area contributed by atoms with Crippen molar-refractivity contribution in [2.24, 2.45) is 0 Å². The van der Waals surface area contributed by atoms with E-state index in [0.717, 1.165) is 50.9 Å². The largest absolute Gasteiger partial charge is 0.415 e. The SMILES string of the molecule is O=C(NCc1ccc(-c2nnc(C(F)F)o2)cc1F)N1CCS(=O)(=O)CC1c1ccc(CN2CCN(Cc3ccccc3)CC2)cc1. The number of alkyl halides is 2. The van der Waals surface area contributed by atoms with Crippen LogP contribution in [0.15, 0.2) is 77.2 Å². The van der Waals surface area contributed by atoms with Crippen molar-refractivity contribution >= 4 is 15.9 Å². The minimum atomic E-state index is -3.38. The Balaban J connectivity index is 1.05. The minimum Gasteiger partial charge on any atom is -0.415 e. The number of carbonyl (C=O) groups is 1. The summed E-state index contributed by atoms with van der Waals surface area (Å²) >= 11 is 0. The normalized spacial score (nSPS) is 18.8. The fourth-order valence-electron chi connectivity index (χ4n) is 5.91. The maximum atomic E-state index is 14.9. The number of piperazine rings is 1. The summed E-state index contributed by atoms with van der Waals surface area (Å²) < 4.78 is 70.5. The molecule has 3 aromatic carbocycles. The van der Waals surface area contributed by atoms with Crippen molar-refractivity contribution in [2.75, 3.05) is 44.2 Å². The van der Waals surface area contributed by atoms with Crippen LogP contribution in [-0.2, 0) is 29.5 Å². The first-order valence-corrected chi connectivity index (χ1v) is 17.2. The fraction of sp³-hybridized carbons (Fsp3) is 0.364. The highest BCUT2D eigenvalue weighted by Gasteiger charge is 2.35. The number of aromatic nitrogens is 2. The van der Waals surface area contributed by atoms with Gasteiger partial charge in [0.1, 0.15) is 5.82 Å². The first-order valence-electron chi connectivity index (χ1n) is 15.4. The summed E-state index contributed by atoms with van der Waals surface area (Å²) in [6.07, 6.45) is -2.95. The molecule has 1 N–H and O–H groups in total. The Morgan fingerprint density at radius 1 is 0.894 bits per heavy atom. The van der Waals surface area contributed by atoms with Crippen LogP contribution in [0.5, 0.6) is 0 Å². The molecule has 3 heterocycles. The van der Waals surface area contributed by atoms with E-state index in [1.165, 1.54) is 22.6 Å². The second-order valence-corrected chi connectivity index (χ2v) is 14.0. The van der Waals surface area contributed by atoms with E-state index >= 15 is 0 Å². The molecule has 6 rings (SSSR count). The molecule has 1 aromatic heterocycles. The van der Waals surface area contributed by atoms with Crippen molar-refractivity contribution in [3.63, 3.8) is 0 Å². The molecule has 1 atom stereocenters. The van der Waals surface area contributed by atoms with Crippen molar-refractivity contribution in [1.82, 2.24) is 30.2 Å². The van der Waals surface area contributed by atoms with Crippen LogP contribution in [0.25, 0.3) is 11.5 Å². The average Bonchev–Trinajstić information content (AvgIpc) is 3.57. The van der Waals surface area contributed by atoms with Crippen molar-refractivity contribution in [3.8, 4) is 11.5 Å². The van der Waals surface area contributed by atoms with Crippen LogP contribution < -0.4 is 5.32 Å². The van der Waals surface area contributed by atoms with Gasteiger partial charge in [-0.1, -0.05) is 60.7 Å². The molecule has 2 fully saturated rings. The van der Waals surface area contributed by atoms with Gasteiger partial charge in [0.05, 0.1) is 17.5 Å². The quantitative estimate of drug-likeness (QED) is 0.271. The highest BCUT2D eigenvalue weighted by molar-refractivity contribution is 7.91. The van der Waals surface area contributed by atoms with Crippen LogP contribution in [0.4, 0.5) is 18.0 Å². The number of halogens is 3. The number of benzene rings is 3. The highest BCUT2D eigenvalue weighted by Crippen LogP contribution is 2.28. The lowest BCUT2D eigenvalue weighted by atomic mass is 10.0. The summed E-state index contributed by atoms with van der Waals surface area (Å²) in [5.74, 6) is -2.20. The predicted molar refractivity (Wildman–Crippen MR) is 168 cm³/mol. The first kappa shape index (κ1) is 32.7. The summed E-state index contributed by atoms with van der Waals surface area (Å²) in [5.41, 5.74) is 3.37. The van der Waals surface area contributed by atoms with Gasteiger partial charge in [0.15, 0.2) is 9.84 Å². The van der Waals surface area contributed by atoms with Gasteiger partial charge in [0, 0.05) is 63.5 Å². The van der Waals surface area contributed by atoms with Crippen molar-refractivity contribution in [2.45, 2.75) is 32.1 Å². The van der Waals surface area contributed by atoms with E-state index in [2.05, 4.69) is 49.6 Å². The number of hydrogen-bond donors (Lipinski definition) is 1. The monoisotopic (exact) mass is 668 g/mol. The Hall–Kier alpha value is -4.27. The molecule has 0 bridgehead atoms. The summed E-state index contributed by atoms with van der Waals surface area (Å²) in [6.45, 7) is 5.39. The van der Waals surface area contributed by atoms with Crippen LogP contribution in [0.2, 0.25) is 0 Å². The lowest BCUT2D eigenvalue weighted by Gasteiger charge is -2.36. The first-order chi connectivity index (χ1) is 22.6. The molecule has 2 aliphatic heterocycles. The highest BCUT2D eigenvalue weighted by atomic mass is 32.2. The third kappa shape index (κ3) is 8.18. The van der Waals surface area contributed by atoms with Gasteiger partial charge >= 0.3 is 12.5 Å². The van der Waals surface area contributed by atoms with Gasteiger partial charge in [-0.15, -0.1) is 10.2 Å². The smallest absolute Gasteiger partial charge is 0.318 e. The van der Waals surface area contributed by atoms with Crippen molar-refractivity contribution in [3.05, 3.63) is 107 Å². The van der Waals surface area contributed by atoms with Gasteiger partial charge in [-0.05, 0) is 28.8 Å². The third-order valence-corrected chi connectivity index (χ3v) is 10.2. The molecule has 2 amide bonds. The summed E-state index contributed by atoms with van der Waals surface area (Å²) in [6, 6.07) is 20.8. The zero-order chi connectivity index (χ0) is 33.0. The molecule has 0 radical (unpaired) electrons. The molecule has 2 aliphatic rings. The summed E-state index contributed by atoms with van der Waals surface area (Å²) in [5, 5.41) is 9.45. The van der Waals surface area contributed by atoms with Gasteiger partial charge in [-0.25, -0.2) is 17.6 Å². The summed E-state index contributed by atoms with van der Waals surface area (Å²) in [4.78, 5) is 19.6. The van der Waals surface area contributed by atoms with Gasteiger partial charge in [-0.3, -0.25) is 9.80 Å². The lowest BCUT2D eigenvalue weighted by molar-refractivity contribution is 0.116. The van der Waals surface area contributed by atoms with E-state index < -0.39 is 40.0 Å². The molecule has 248 valence electrons. The minimum absolute atomic E-state index is 0.00109. The topological polar surface area (TPSA) is 112 Å². The fourth-order valence-corrected chi connectivity index (χ4v) is 7.41. The van der Waals surface area contributed by atoms with E-state index in [4.69, 9.17) is 4.42 Å². The molecule has 2 saturated heterocycles. The number of hydrogen-bond acceptors (Lipinski definition) is 8. The van der Waals surface area contributed by atoms with Gasteiger partial charge < -0.3 is 14.6 Å². The molecular formula is C33H35F3N6O4S. The summed E-state index contributed by atoms with van der Waals surface area (Å²) in [7, 11) is -3.38. The van der Waals surface area contributed by atoms with Crippen LogP contribution >= 0.6 is 0 Å². The molecule has 0 saturated carbocycles. The number of carbonyl (C=O) groups excluding carboxylic acids is 1. The number of nitrogens with zero attached hydrogens (tertiary/aromatic N) is 5. The van der Waals surface area contributed by atoms with Gasteiger partial charge in [0.25, 0.3) is 5.89 Å². The number of nitrogens with one attached hydrogen (secondary N) is 1. The van der Waals surface area contributed by atoms with Crippen molar-refractivity contribution < 1.29 is 30.8 Å². The molecule has 0 spiro atoms. The molecule has 4 aromatic rings. The third-order valence-electron chi connectivity index (χ3n) is 8.53. The second-order valence-electron chi connectivity index (χ2n) is 11.8. The standard InChI is InChI=1S/C33H35F3N6O4S/c34-28-18-26(31-38-39-32(46-31)30(35)36)10-11-27(28)19-37-33(43)42-16-17-47(44,45)22-29(42)25-8-6-24(7-9-25)21-41-14-12-40(13-15-41)20-23-4-2-1-3-5-23/h1-11,18,29-30H,12-17,19-22H2,(H,37,43). The van der Waals surface area contributed by atoms with E-state index in [1.54, 1.807) is 0 Å². The molecule has 10 nitrogen and oxygen atoms in total. The molecule has 0 aliphatic carbocycles. The Labute approximate surface area is 271 Å². The van der Waals surface area contributed by atoms with Crippen LogP contribution in [0.3, 0.4) is 0 Å². The number of amides is 2. The number of urea groups is 1. The molecular weight excluding hydrogens is 633 g/mol. The number of sulfone groups is 1. The molecule has 47 heavy (non-hydrogen) atoms. The van der Waals surface area contributed by atoms with Gasteiger partial charge in [0.2, 0.25) is 5.89 Å². The van der Waals surface area contributed by atoms with Crippen molar-refractivity contribution in [1.29, 1.82) is 0 Å². The Bertz CT molecular complexity index is 1780. The average molecular weight is 669 g/mol. The lowest BCUT2D eigenvalue weighted by Crippen LogP contribution is -2.50. The Kier molecular flexibility index (Phi) is 9.89. The number of rotatable bonds is 9. The maximum absolute atomic E-state index is 14.9. The zero-order valence-corrected chi connectivity index (χ0v) is 26.4. The van der Waals surface area contributed by atoms with Crippen LogP contribution in [0.1, 0.15) is 40.6 Å². The Morgan fingerprint density at radius 2 is 1.55 bits per heavy atom. The second kappa shape index (κ2) is 14.2. The molecule has 14 heteroatoms. The molecule has 1 unspecified atom stereocenters. The van der Waals surface area contributed by atoms with Crippen LogP contribution in [0, 0.1) is 5.82 Å². The van der Waals surface area contributed by atoms with Gasteiger partial charge in [-0.2, -0.15) is 8.78 Å². The van der Waals surface area contributed by atoms with E-state index in [0.29, 0.717) is 5.56 Å². The Morgan fingerprint density at radius 3 is 2.17 bits per heavy atom. The van der Waals surface area contributed by atoms with E-state index in [-0.39, 0.29) is 41.6 Å². The maximum Gasteiger partial charge on any atom is 0.318 e. The predicted octanol–water partition coefficient (Wildman–Crippen LogP) is 4.81. The van der Waals surface area contributed by atoms with Crippen LogP contribution in [-0.4, -0.2) is 83.6 Å². The van der Waals surface area contributed by atoms with E-state index in [1.807, 2.05) is 30.3 Å². The zero-order valence-electron chi connectivity index (χ0n) is 25.6. The van der Waals surface area contributed by atoms with E-state index in [9.17, 15) is 26.4 Å².